The van der Waals surface area contributed by atoms with E-state index in [1.807, 2.05) is 58.0 Å². The number of hydrogen-bond acceptors (Lipinski definition) is 4. The molecule has 0 radical (unpaired) electrons. The molecule has 0 amide bonds. The maximum absolute atomic E-state index is 6.10. The number of rotatable bonds is 4. The van der Waals surface area contributed by atoms with Crippen LogP contribution in [-0.2, 0) is 9.31 Å². The first-order valence-corrected chi connectivity index (χ1v) is 8.53. The molecule has 23 heavy (non-hydrogen) atoms. The van der Waals surface area contributed by atoms with Gasteiger partial charge in [-0.1, -0.05) is 24.3 Å². The van der Waals surface area contributed by atoms with Crippen molar-refractivity contribution in [3.05, 3.63) is 35.3 Å². The predicted molar refractivity (Wildman–Crippen MR) is 105 cm³/mol. The molecular weight excluding hydrogens is 327 g/mol. The molecule has 1 aromatic carbocycles. The minimum atomic E-state index is -0.421. The fourth-order valence-corrected chi connectivity index (χ4v) is 2.60. The zero-order valence-corrected chi connectivity index (χ0v) is 15.6. The van der Waals surface area contributed by atoms with Crippen LogP contribution in [0.2, 0.25) is 0 Å². The summed E-state index contributed by atoms with van der Waals surface area (Å²) in [4.78, 5) is 0. The quantitative estimate of drug-likeness (QED) is 0.442. The van der Waals surface area contributed by atoms with E-state index >= 15 is 0 Å². The van der Waals surface area contributed by atoms with Gasteiger partial charge in [0.05, 0.1) is 11.2 Å². The zero-order valence-electron chi connectivity index (χ0n) is 13.9. The highest BCUT2D eigenvalue weighted by Gasteiger charge is 2.52. The number of benzene rings is 1. The van der Waals surface area contributed by atoms with Gasteiger partial charge in [-0.2, -0.15) is 12.6 Å². The van der Waals surface area contributed by atoms with Crippen molar-refractivity contribution < 1.29 is 9.31 Å². The summed E-state index contributed by atoms with van der Waals surface area (Å²) in [6.45, 7) is 8.13. The van der Waals surface area contributed by atoms with Crippen LogP contribution in [0.3, 0.4) is 0 Å². The van der Waals surface area contributed by atoms with Gasteiger partial charge >= 0.3 is 7.12 Å². The molecule has 1 saturated heterocycles. The zero-order chi connectivity index (χ0) is 17.3. The molecule has 4 nitrogen and oxygen atoms in total. The van der Waals surface area contributed by atoms with Crippen LogP contribution in [0.4, 0.5) is 5.69 Å². The van der Waals surface area contributed by atoms with Crippen LogP contribution in [0.5, 0.6) is 0 Å². The lowest BCUT2D eigenvalue weighted by atomic mass is 9.78. The third-order valence-electron chi connectivity index (χ3n) is 4.30. The van der Waals surface area contributed by atoms with E-state index in [1.165, 1.54) is 0 Å². The summed E-state index contributed by atoms with van der Waals surface area (Å²) in [5, 5.41) is 3.21. The van der Waals surface area contributed by atoms with Crippen LogP contribution in [0.25, 0.3) is 6.08 Å². The van der Waals surface area contributed by atoms with Crippen LogP contribution in [0.15, 0.2) is 29.7 Å². The SMILES string of the molecule is CC1(C)OB(C(=Cc2ccccc2NC(N)=S)CS)OC1(C)C. The predicted octanol–water partition coefficient (Wildman–Crippen LogP) is 3.29. The largest absolute Gasteiger partial charge is 0.491 e. The third-order valence-corrected chi connectivity index (χ3v) is 4.77. The molecule has 124 valence electrons. The first-order chi connectivity index (χ1) is 10.7. The van der Waals surface area contributed by atoms with Crippen LogP contribution < -0.4 is 11.1 Å². The van der Waals surface area contributed by atoms with Crippen molar-refractivity contribution in [2.24, 2.45) is 5.73 Å². The monoisotopic (exact) mass is 350 g/mol. The minimum absolute atomic E-state index is 0.230. The first kappa shape index (κ1) is 18.3. The molecule has 1 aromatic rings. The van der Waals surface area contributed by atoms with Crippen LogP contribution in [0.1, 0.15) is 33.3 Å². The average Bonchev–Trinajstić information content (AvgIpc) is 2.65. The molecule has 2 rings (SSSR count). The molecule has 1 aliphatic heterocycles. The van der Waals surface area contributed by atoms with Gasteiger partial charge in [-0.3, -0.25) is 0 Å². The van der Waals surface area contributed by atoms with Gasteiger partial charge in [0.1, 0.15) is 0 Å². The number of nitrogens with one attached hydrogen (secondary N) is 1. The lowest BCUT2D eigenvalue weighted by Crippen LogP contribution is -2.41. The Morgan fingerprint density at radius 2 is 1.83 bits per heavy atom. The first-order valence-electron chi connectivity index (χ1n) is 7.49. The molecule has 0 aliphatic carbocycles. The number of thiocarbonyl (C=S) groups is 1. The fourth-order valence-electron chi connectivity index (χ4n) is 2.25. The van der Waals surface area contributed by atoms with Gasteiger partial charge < -0.3 is 20.4 Å². The Labute approximate surface area is 149 Å². The minimum Gasteiger partial charge on any atom is -0.400 e. The summed E-state index contributed by atoms with van der Waals surface area (Å²) in [6.07, 6.45) is 2.01. The summed E-state index contributed by atoms with van der Waals surface area (Å²) < 4.78 is 12.2. The van der Waals surface area contributed by atoms with Crippen molar-refractivity contribution in [3.8, 4) is 0 Å². The lowest BCUT2D eigenvalue weighted by Gasteiger charge is -2.32. The Morgan fingerprint density at radius 3 is 2.35 bits per heavy atom. The van der Waals surface area contributed by atoms with Crippen LogP contribution >= 0.6 is 24.8 Å². The van der Waals surface area contributed by atoms with Crippen LogP contribution in [0, 0.1) is 0 Å². The van der Waals surface area contributed by atoms with Crippen molar-refractivity contribution in [3.63, 3.8) is 0 Å². The Morgan fingerprint density at radius 1 is 1.26 bits per heavy atom. The number of para-hydroxylation sites is 1. The highest BCUT2D eigenvalue weighted by molar-refractivity contribution is 7.80. The second-order valence-corrected chi connectivity index (χ2v) is 7.30. The van der Waals surface area contributed by atoms with Crippen molar-refractivity contribution in [2.75, 3.05) is 11.1 Å². The van der Waals surface area contributed by atoms with E-state index in [0.717, 1.165) is 16.7 Å². The van der Waals surface area contributed by atoms with E-state index in [1.54, 1.807) is 0 Å². The Kier molecular flexibility index (Phi) is 5.46. The van der Waals surface area contributed by atoms with E-state index in [0.29, 0.717) is 5.75 Å². The van der Waals surface area contributed by atoms with Gasteiger partial charge in [-0.05, 0) is 57.0 Å². The van der Waals surface area contributed by atoms with Crippen molar-refractivity contribution in [1.82, 2.24) is 0 Å². The van der Waals surface area contributed by atoms with Crippen molar-refractivity contribution in [1.29, 1.82) is 0 Å². The highest BCUT2D eigenvalue weighted by atomic mass is 32.1. The van der Waals surface area contributed by atoms with E-state index in [9.17, 15) is 0 Å². The fraction of sp³-hybridized carbons (Fsp3) is 0.438. The maximum atomic E-state index is 6.10. The molecule has 3 N–H and O–H groups in total. The number of nitrogens with two attached hydrogens (primary N) is 1. The summed E-state index contributed by atoms with van der Waals surface area (Å²) in [5.74, 6) is 0.526. The molecule has 1 fully saturated rings. The molecule has 7 heteroatoms. The van der Waals surface area contributed by atoms with Gasteiger partial charge in [0.25, 0.3) is 0 Å². The summed E-state index contributed by atoms with van der Waals surface area (Å²) >= 11 is 9.37. The average molecular weight is 350 g/mol. The Balaban J connectivity index is 2.32. The summed E-state index contributed by atoms with van der Waals surface area (Å²) in [5.41, 5.74) is 7.58. The number of hydrogen-bond donors (Lipinski definition) is 3. The molecular formula is C16H23BN2O2S2. The highest BCUT2D eigenvalue weighted by Crippen LogP contribution is 2.39. The number of thiol groups is 1. The van der Waals surface area contributed by atoms with E-state index < -0.39 is 7.12 Å². The smallest absolute Gasteiger partial charge is 0.400 e. The molecule has 0 unspecified atom stereocenters. The standard InChI is InChI=1S/C16H23BN2O2S2/c1-15(2)16(3,4)21-17(20-15)12(10-22)9-11-7-5-6-8-13(11)19-14(18)23/h5-9,22H,10H2,1-4H3,(H3,18,19,23). The second-order valence-electron chi connectivity index (χ2n) is 6.54. The Bertz CT molecular complexity index is 616. The third kappa shape index (κ3) is 4.09. The lowest BCUT2D eigenvalue weighted by molar-refractivity contribution is 0.00578. The summed E-state index contributed by atoms with van der Waals surface area (Å²) in [6, 6.07) is 7.78. The van der Waals surface area contributed by atoms with E-state index in [2.05, 4.69) is 17.9 Å². The molecule has 0 aromatic heterocycles. The van der Waals surface area contributed by atoms with Crippen molar-refractivity contribution >= 4 is 48.8 Å². The second kappa shape index (κ2) is 6.85. The molecule has 1 aliphatic rings. The topological polar surface area (TPSA) is 56.5 Å². The molecule has 0 bridgehead atoms. The van der Waals surface area contributed by atoms with Gasteiger partial charge in [-0.25, -0.2) is 0 Å². The van der Waals surface area contributed by atoms with Gasteiger partial charge in [-0.15, -0.1) is 0 Å². The van der Waals surface area contributed by atoms with Gasteiger partial charge in [0.15, 0.2) is 5.11 Å². The van der Waals surface area contributed by atoms with E-state index in [4.69, 9.17) is 27.3 Å². The summed E-state index contributed by atoms with van der Waals surface area (Å²) in [7, 11) is -0.421. The van der Waals surface area contributed by atoms with Gasteiger partial charge in [0, 0.05) is 11.4 Å². The molecule has 0 spiro atoms. The number of anilines is 1. The normalized spacial score (nSPS) is 19.7. The van der Waals surface area contributed by atoms with Crippen LogP contribution in [-0.4, -0.2) is 29.2 Å². The molecule has 0 atom stereocenters. The van der Waals surface area contributed by atoms with Gasteiger partial charge in [0.2, 0.25) is 0 Å². The van der Waals surface area contributed by atoms with E-state index in [-0.39, 0.29) is 16.3 Å². The molecule has 1 heterocycles. The van der Waals surface area contributed by atoms with Crippen molar-refractivity contribution in [2.45, 2.75) is 38.9 Å². The molecule has 0 saturated carbocycles. The Hall–Kier alpha value is -1.02. The maximum Gasteiger partial charge on any atom is 0.491 e.